The lowest BCUT2D eigenvalue weighted by Crippen LogP contribution is -2.18. The van der Waals surface area contributed by atoms with Gasteiger partial charge >= 0.3 is 5.97 Å². The van der Waals surface area contributed by atoms with Crippen molar-refractivity contribution in [2.75, 3.05) is 11.9 Å². The molecule has 0 radical (unpaired) electrons. The minimum Gasteiger partial charge on any atom is -0.478 e. The van der Waals surface area contributed by atoms with Crippen molar-refractivity contribution >= 4 is 38.9 Å². The molecule has 0 amide bonds. The Hall–Kier alpha value is -1.33. The topological polar surface area (TPSA) is 40.5 Å². The van der Waals surface area contributed by atoms with Crippen molar-refractivity contribution in [1.29, 1.82) is 0 Å². The highest BCUT2D eigenvalue weighted by Gasteiger charge is 2.14. The molecule has 0 atom stereocenters. The van der Waals surface area contributed by atoms with Crippen LogP contribution < -0.4 is 4.90 Å². The fraction of sp³-hybridized carbons (Fsp3) is 0.154. The number of carboxylic acid groups (broad SMARTS) is 1. The summed E-state index contributed by atoms with van der Waals surface area (Å²) in [6, 6.07) is 9.34. The molecule has 3 nitrogen and oxygen atoms in total. The third kappa shape index (κ3) is 2.91. The fourth-order valence-corrected chi connectivity index (χ4v) is 2.85. The van der Waals surface area contributed by atoms with E-state index >= 15 is 0 Å². The first-order chi connectivity index (χ1) is 8.58. The standard InChI is InChI=1S/C13H12BrNO2S/c1-15(8-10-3-2-6-18-10)12-5-4-9(14)7-11(12)13(16)17/h2-7H,8H2,1H3,(H,16,17). The van der Waals surface area contributed by atoms with Crippen LogP contribution in [-0.2, 0) is 6.54 Å². The molecule has 1 N–H and O–H groups in total. The molecule has 18 heavy (non-hydrogen) atoms. The summed E-state index contributed by atoms with van der Waals surface area (Å²) in [6.45, 7) is 0.708. The van der Waals surface area contributed by atoms with E-state index in [9.17, 15) is 9.90 Å². The lowest BCUT2D eigenvalue weighted by atomic mass is 10.1. The third-order valence-corrected chi connectivity index (χ3v) is 3.93. The van der Waals surface area contributed by atoms with Crippen molar-refractivity contribution in [1.82, 2.24) is 0 Å². The second-order valence-corrected chi connectivity index (χ2v) is 5.85. The predicted molar refractivity (Wildman–Crippen MR) is 77.5 cm³/mol. The molecule has 0 saturated heterocycles. The Labute approximate surface area is 118 Å². The van der Waals surface area contributed by atoms with Crippen molar-refractivity contribution < 1.29 is 9.90 Å². The number of thiophene rings is 1. The van der Waals surface area contributed by atoms with Gasteiger partial charge < -0.3 is 10.0 Å². The van der Waals surface area contributed by atoms with Crippen molar-refractivity contribution in [2.24, 2.45) is 0 Å². The van der Waals surface area contributed by atoms with Gasteiger partial charge in [0.25, 0.3) is 0 Å². The molecule has 0 saturated carbocycles. The zero-order valence-electron chi connectivity index (χ0n) is 9.76. The molecule has 0 aliphatic carbocycles. The second kappa shape index (κ2) is 5.54. The maximum Gasteiger partial charge on any atom is 0.337 e. The summed E-state index contributed by atoms with van der Waals surface area (Å²) in [5.74, 6) is -0.913. The quantitative estimate of drug-likeness (QED) is 0.928. The molecular formula is C13H12BrNO2S. The van der Waals surface area contributed by atoms with Crippen molar-refractivity contribution in [3.63, 3.8) is 0 Å². The molecule has 1 aromatic heterocycles. The van der Waals surface area contributed by atoms with Gasteiger partial charge in [-0.3, -0.25) is 0 Å². The lowest BCUT2D eigenvalue weighted by molar-refractivity contribution is 0.0697. The number of hydrogen-bond acceptors (Lipinski definition) is 3. The van der Waals surface area contributed by atoms with E-state index in [1.165, 1.54) is 4.88 Å². The molecule has 2 aromatic rings. The van der Waals surface area contributed by atoms with Crippen LogP contribution in [0.3, 0.4) is 0 Å². The van der Waals surface area contributed by atoms with Gasteiger partial charge in [0.15, 0.2) is 0 Å². The van der Waals surface area contributed by atoms with E-state index in [2.05, 4.69) is 15.9 Å². The number of nitrogens with zero attached hydrogens (tertiary/aromatic N) is 1. The van der Waals surface area contributed by atoms with Crippen LogP contribution in [0.2, 0.25) is 0 Å². The molecule has 0 aliphatic rings. The molecule has 0 fully saturated rings. The Bertz CT molecular complexity index is 554. The highest BCUT2D eigenvalue weighted by atomic mass is 79.9. The van der Waals surface area contributed by atoms with E-state index in [-0.39, 0.29) is 0 Å². The van der Waals surface area contributed by atoms with Crippen LogP contribution in [0.25, 0.3) is 0 Å². The van der Waals surface area contributed by atoms with E-state index < -0.39 is 5.97 Å². The van der Waals surface area contributed by atoms with Gasteiger partial charge in [-0.25, -0.2) is 4.79 Å². The van der Waals surface area contributed by atoms with Gasteiger partial charge in [-0.15, -0.1) is 11.3 Å². The van der Waals surface area contributed by atoms with E-state index in [4.69, 9.17) is 0 Å². The Morgan fingerprint density at radius 2 is 2.22 bits per heavy atom. The molecule has 0 aliphatic heterocycles. The summed E-state index contributed by atoms with van der Waals surface area (Å²) in [6.07, 6.45) is 0. The Morgan fingerprint density at radius 3 is 2.83 bits per heavy atom. The molecule has 1 heterocycles. The summed E-state index contributed by atoms with van der Waals surface area (Å²) in [5, 5.41) is 11.2. The van der Waals surface area contributed by atoms with Gasteiger partial charge in [-0.2, -0.15) is 0 Å². The number of aromatic carboxylic acids is 1. The van der Waals surface area contributed by atoms with E-state index in [1.54, 1.807) is 17.4 Å². The summed E-state index contributed by atoms with van der Waals surface area (Å²) >= 11 is 4.96. The molecule has 0 unspecified atom stereocenters. The SMILES string of the molecule is CN(Cc1cccs1)c1ccc(Br)cc1C(=O)O. The van der Waals surface area contributed by atoms with Crippen molar-refractivity contribution in [3.05, 3.63) is 50.6 Å². The molecule has 0 bridgehead atoms. The van der Waals surface area contributed by atoms with Crippen molar-refractivity contribution in [3.8, 4) is 0 Å². The van der Waals surface area contributed by atoms with Gasteiger partial charge in [0.05, 0.1) is 17.8 Å². The molecule has 5 heteroatoms. The van der Waals surface area contributed by atoms with E-state index in [0.29, 0.717) is 12.1 Å². The normalized spacial score (nSPS) is 10.3. The predicted octanol–water partition coefficient (Wildman–Crippen LogP) is 3.85. The highest BCUT2D eigenvalue weighted by Crippen LogP contribution is 2.25. The van der Waals surface area contributed by atoms with Gasteiger partial charge in [0.1, 0.15) is 0 Å². The smallest absolute Gasteiger partial charge is 0.337 e. The van der Waals surface area contributed by atoms with Crippen molar-refractivity contribution in [2.45, 2.75) is 6.54 Å². The Balaban J connectivity index is 2.29. The average Bonchev–Trinajstić information content (AvgIpc) is 2.81. The summed E-state index contributed by atoms with van der Waals surface area (Å²) in [5.41, 5.74) is 1.03. The maximum absolute atomic E-state index is 11.2. The van der Waals surface area contributed by atoms with Gasteiger partial charge in [-0.05, 0) is 29.6 Å². The van der Waals surface area contributed by atoms with Gasteiger partial charge in [0.2, 0.25) is 0 Å². The van der Waals surface area contributed by atoms with Crippen LogP contribution in [0.4, 0.5) is 5.69 Å². The second-order valence-electron chi connectivity index (χ2n) is 3.90. The van der Waals surface area contributed by atoms with Crippen LogP contribution in [0.1, 0.15) is 15.2 Å². The zero-order valence-corrected chi connectivity index (χ0v) is 12.2. The third-order valence-electron chi connectivity index (χ3n) is 2.57. The van der Waals surface area contributed by atoms with Gasteiger partial charge in [-0.1, -0.05) is 22.0 Å². The number of hydrogen-bond donors (Lipinski definition) is 1. The first kappa shape index (κ1) is 13.1. The number of benzene rings is 1. The summed E-state index contributed by atoms with van der Waals surface area (Å²) < 4.78 is 0.771. The van der Waals surface area contributed by atoms with Gasteiger partial charge in [0, 0.05) is 16.4 Å². The molecule has 2 rings (SSSR count). The minimum absolute atomic E-state index is 0.309. The molecule has 1 aromatic carbocycles. The van der Waals surface area contributed by atoms with Crippen LogP contribution in [0.5, 0.6) is 0 Å². The fourth-order valence-electron chi connectivity index (χ4n) is 1.73. The first-order valence-electron chi connectivity index (χ1n) is 5.34. The average molecular weight is 326 g/mol. The summed E-state index contributed by atoms with van der Waals surface area (Å²) in [4.78, 5) is 14.4. The van der Waals surface area contributed by atoms with Crippen LogP contribution in [0.15, 0.2) is 40.2 Å². The Kier molecular flexibility index (Phi) is 4.04. The Morgan fingerprint density at radius 1 is 1.44 bits per heavy atom. The zero-order chi connectivity index (χ0) is 13.1. The van der Waals surface area contributed by atoms with Crippen LogP contribution in [0, 0.1) is 0 Å². The lowest BCUT2D eigenvalue weighted by Gasteiger charge is -2.20. The van der Waals surface area contributed by atoms with E-state index in [0.717, 1.165) is 10.2 Å². The number of carbonyl (C=O) groups is 1. The monoisotopic (exact) mass is 325 g/mol. The molecule has 0 spiro atoms. The first-order valence-corrected chi connectivity index (χ1v) is 7.01. The minimum atomic E-state index is -0.913. The molecular weight excluding hydrogens is 314 g/mol. The highest BCUT2D eigenvalue weighted by molar-refractivity contribution is 9.10. The largest absolute Gasteiger partial charge is 0.478 e. The summed E-state index contributed by atoms with van der Waals surface area (Å²) in [7, 11) is 1.90. The maximum atomic E-state index is 11.2. The number of carboxylic acids is 1. The van der Waals surface area contributed by atoms with Crippen LogP contribution >= 0.6 is 27.3 Å². The number of anilines is 1. The number of rotatable bonds is 4. The van der Waals surface area contributed by atoms with E-state index in [1.807, 2.05) is 41.6 Å². The van der Waals surface area contributed by atoms with Crippen LogP contribution in [-0.4, -0.2) is 18.1 Å². The molecule has 94 valence electrons. The number of halogens is 1.